The van der Waals surface area contributed by atoms with E-state index in [1.54, 1.807) is 0 Å². The number of carbonyl (C=O) groups is 5. The molecule has 1 aromatic heterocycles. The van der Waals surface area contributed by atoms with Crippen LogP contribution in [0.2, 0.25) is 0 Å². The molecule has 1 heterocycles. The fourth-order valence-electron chi connectivity index (χ4n) is 3.13. The molecule has 0 saturated carbocycles. The smallest absolute Gasteiger partial charge is 0.328 e. The lowest BCUT2D eigenvalue weighted by molar-refractivity contribution is -0.145. The summed E-state index contributed by atoms with van der Waals surface area (Å²) < 4.78 is 0. The summed E-state index contributed by atoms with van der Waals surface area (Å²) in [5.41, 5.74) is 6.20. The number of nitrogens with zero attached hydrogens (tertiary/aromatic N) is 1. The Morgan fingerprint density at radius 2 is 1.60 bits per heavy atom. The van der Waals surface area contributed by atoms with Gasteiger partial charge in [-0.05, 0) is 25.7 Å². The SMILES string of the molecule is CC(C)CC(NC(=O)C(N)CCC(=O)O)C(=O)NC(Cc1cnc[nH]1)C(=O)NC(C(=O)O)C(C)O. The van der Waals surface area contributed by atoms with E-state index in [0.29, 0.717) is 5.69 Å². The zero-order chi connectivity index (χ0) is 26.7. The van der Waals surface area contributed by atoms with E-state index in [-0.39, 0.29) is 31.6 Å². The number of aromatic amines is 1. The van der Waals surface area contributed by atoms with Crippen molar-refractivity contribution in [3.63, 3.8) is 0 Å². The number of nitrogens with one attached hydrogen (secondary N) is 4. The van der Waals surface area contributed by atoms with Crippen molar-refractivity contribution in [2.24, 2.45) is 11.7 Å². The summed E-state index contributed by atoms with van der Waals surface area (Å²) in [6.07, 6.45) is 1.04. The van der Waals surface area contributed by atoms with Crippen molar-refractivity contribution in [2.75, 3.05) is 0 Å². The summed E-state index contributed by atoms with van der Waals surface area (Å²) in [5.74, 6) is -4.93. The molecule has 0 aromatic carbocycles. The van der Waals surface area contributed by atoms with Gasteiger partial charge in [0, 0.05) is 24.7 Å². The second-order valence-corrected chi connectivity index (χ2v) is 8.64. The van der Waals surface area contributed by atoms with Gasteiger partial charge in [-0.1, -0.05) is 13.8 Å². The average molecular weight is 499 g/mol. The first kappa shape index (κ1) is 29.5. The van der Waals surface area contributed by atoms with Gasteiger partial charge in [-0.2, -0.15) is 0 Å². The van der Waals surface area contributed by atoms with E-state index in [1.165, 1.54) is 19.4 Å². The Labute approximate surface area is 202 Å². The summed E-state index contributed by atoms with van der Waals surface area (Å²) >= 11 is 0. The molecule has 35 heavy (non-hydrogen) atoms. The fourth-order valence-corrected chi connectivity index (χ4v) is 3.13. The van der Waals surface area contributed by atoms with Crippen LogP contribution in [0.3, 0.4) is 0 Å². The molecule has 0 fully saturated rings. The van der Waals surface area contributed by atoms with Crippen LogP contribution >= 0.6 is 0 Å². The number of imidazole rings is 1. The third kappa shape index (κ3) is 10.5. The summed E-state index contributed by atoms with van der Waals surface area (Å²) in [7, 11) is 0. The summed E-state index contributed by atoms with van der Waals surface area (Å²) in [6, 6.07) is -5.12. The van der Waals surface area contributed by atoms with Crippen molar-refractivity contribution >= 4 is 29.7 Å². The first-order chi connectivity index (χ1) is 16.3. The molecule has 1 aromatic rings. The number of aliphatic carboxylic acids is 2. The van der Waals surface area contributed by atoms with Crippen molar-refractivity contribution in [2.45, 2.75) is 76.7 Å². The molecule has 0 aliphatic carbocycles. The van der Waals surface area contributed by atoms with E-state index in [4.69, 9.17) is 10.8 Å². The molecule has 14 nitrogen and oxygen atoms in total. The standard InChI is InChI=1S/C21H34N6O8/c1-10(2)6-14(25-18(31)13(22)4-5-16(29)30)19(32)26-15(7-12-8-23-9-24-12)20(33)27-17(11(3)28)21(34)35/h8-11,13-15,17,28H,4-7,22H2,1-3H3,(H,23,24)(H,25,31)(H,26,32)(H,27,33)(H,29,30)(H,34,35). The largest absolute Gasteiger partial charge is 0.481 e. The van der Waals surface area contributed by atoms with E-state index in [1.807, 2.05) is 13.8 Å². The van der Waals surface area contributed by atoms with Crippen molar-refractivity contribution in [1.29, 1.82) is 0 Å². The molecule has 0 radical (unpaired) electrons. The molecule has 0 saturated heterocycles. The number of aliphatic hydroxyl groups is 1. The number of hydrogen-bond donors (Lipinski definition) is 8. The van der Waals surface area contributed by atoms with Crippen molar-refractivity contribution in [1.82, 2.24) is 25.9 Å². The van der Waals surface area contributed by atoms with Crippen LogP contribution in [0.5, 0.6) is 0 Å². The van der Waals surface area contributed by atoms with Gasteiger partial charge in [0.25, 0.3) is 0 Å². The molecule has 0 aliphatic rings. The highest BCUT2D eigenvalue weighted by atomic mass is 16.4. The minimum atomic E-state index is -1.61. The van der Waals surface area contributed by atoms with Gasteiger partial charge < -0.3 is 42.0 Å². The normalized spacial score (nSPS) is 15.4. The van der Waals surface area contributed by atoms with E-state index in [0.717, 1.165) is 0 Å². The summed E-state index contributed by atoms with van der Waals surface area (Å²) in [5, 5.41) is 34.9. The van der Waals surface area contributed by atoms with Crippen LogP contribution in [0.1, 0.15) is 45.7 Å². The fraction of sp³-hybridized carbons (Fsp3) is 0.619. The third-order valence-electron chi connectivity index (χ3n) is 5.00. The maximum Gasteiger partial charge on any atom is 0.328 e. The molecule has 5 atom stereocenters. The lowest BCUT2D eigenvalue weighted by atomic mass is 10.0. The highest BCUT2D eigenvalue weighted by molar-refractivity contribution is 5.94. The number of carboxylic acid groups (broad SMARTS) is 2. The van der Waals surface area contributed by atoms with Gasteiger partial charge in [-0.25, -0.2) is 9.78 Å². The van der Waals surface area contributed by atoms with Crippen LogP contribution in [-0.2, 0) is 30.4 Å². The van der Waals surface area contributed by atoms with Gasteiger partial charge in [0.1, 0.15) is 12.1 Å². The minimum Gasteiger partial charge on any atom is -0.481 e. The molecule has 3 amide bonds. The number of hydrogen-bond acceptors (Lipinski definition) is 8. The number of H-pyrrole nitrogens is 1. The molecule has 0 spiro atoms. The first-order valence-electron chi connectivity index (χ1n) is 11.1. The number of amides is 3. The molecule has 14 heteroatoms. The Balaban J connectivity index is 3.04. The van der Waals surface area contributed by atoms with Crippen molar-refractivity contribution in [3.8, 4) is 0 Å². The molecule has 0 bridgehead atoms. The maximum atomic E-state index is 13.1. The van der Waals surface area contributed by atoms with E-state index in [9.17, 15) is 34.2 Å². The monoisotopic (exact) mass is 498 g/mol. The Morgan fingerprint density at radius 3 is 2.09 bits per heavy atom. The average Bonchev–Trinajstić information content (AvgIpc) is 3.26. The van der Waals surface area contributed by atoms with E-state index >= 15 is 0 Å². The number of aromatic nitrogens is 2. The lowest BCUT2D eigenvalue weighted by Crippen LogP contribution is -2.59. The minimum absolute atomic E-state index is 0.0483. The van der Waals surface area contributed by atoms with Crippen LogP contribution in [0.4, 0.5) is 0 Å². The van der Waals surface area contributed by atoms with Crippen LogP contribution in [0, 0.1) is 5.92 Å². The first-order valence-corrected chi connectivity index (χ1v) is 11.1. The van der Waals surface area contributed by atoms with Gasteiger partial charge in [0.15, 0.2) is 6.04 Å². The van der Waals surface area contributed by atoms with Gasteiger partial charge in [0.05, 0.1) is 18.5 Å². The van der Waals surface area contributed by atoms with Crippen molar-refractivity contribution in [3.05, 3.63) is 18.2 Å². The number of rotatable bonds is 15. The van der Waals surface area contributed by atoms with Gasteiger partial charge >= 0.3 is 11.9 Å². The zero-order valence-electron chi connectivity index (χ0n) is 19.9. The highest BCUT2D eigenvalue weighted by Crippen LogP contribution is 2.08. The summed E-state index contributed by atoms with van der Waals surface area (Å²) in [6.45, 7) is 4.82. The Kier molecular flexibility index (Phi) is 11.8. The van der Waals surface area contributed by atoms with Crippen LogP contribution in [-0.4, -0.2) is 85.2 Å². The molecule has 9 N–H and O–H groups in total. The molecule has 0 aliphatic heterocycles. The Hall–Kier alpha value is -3.52. The number of carbonyl (C=O) groups excluding carboxylic acids is 3. The lowest BCUT2D eigenvalue weighted by Gasteiger charge is -2.26. The predicted molar refractivity (Wildman–Crippen MR) is 122 cm³/mol. The third-order valence-corrected chi connectivity index (χ3v) is 5.00. The number of aliphatic hydroxyl groups excluding tert-OH is 1. The Bertz CT molecular complexity index is 873. The Morgan fingerprint density at radius 1 is 1.00 bits per heavy atom. The topological polar surface area (TPSA) is 237 Å². The molecule has 196 valence electrons. The van der Waals surface area contributed by atoms with Gasteiger partial charge in [-0.3, -0.25) is 19.2 Å². The van der Waals surface area contributed by atoms with E-state index < -0.39 is 59.9 Å². The second-order valence-electron chi connectivity index (χ2n) is 8.64. The quantitative estimate of drug-likeness (QED) is 0.134. The molecular formula is C21H34N6O8. The van der Waals surface area contributed by atoms with Gasteiger partial charge in [0.2, 0.25) is 17.7 Å². The van der Waals surface area contributed by atoms with Crippen LogP contribution < -0.4 is 21.7 Å². The zero-order valence-corrected chi connectivity index (χ0v) is 19.9. The summed E-state index contributed by atoms with van der Waals surface area (Å²) in [4.78, 5) is 67.1. The second kappa shape index (κ2) is 14.0. The molecule has 5 unspecified atom stereocenters. The van der Waals surface area contributed by atoms with Crippen molar-refractivity contribution < 1.29 is 39.3 Å². The van der Waals surface area contributed by atoms with Crippen LogP contribution in [0.25, 0.3) is 0 Å². The molecule has 1 rings (SSSR count). The number of nitrogens with two attached hydrogens (primary N) is 1. The van der Waals surface area contributed by atoms with Gasteiger partial charge in [-0.15, -0.1) is 0 Å². The number of carboxylic acids is 2. The molecular weight excluding hydrogens is 464 g/mol. The highest BCUT2D eigenvalue weighted by Gasteiger charge is 2.32. The maximum absolute atomic E-state index is 13.1. The van der Waals surface area contributed by atoms with Crippen LogP contribution in [0.15, 0.2) is 12.5 Å². The predicted octanol–water partition coefficient (Wildman–Crippen LogP) is -1.89. The van der Waals surface area contributed by atoms with E-state index in [2.05, 4.69) is 25.9 Å².